The summed E-state index contributed by atoms with van der Waals surface area (Å²) < 4.78 is 21.2. The van der Waals surface area contributed by atoms with E-state index in [1.54, 1.807) is 65.3 Å². The molecule has 8 heteroatoms. The van der Waals surface area contributed by atoms with Crippen LogP contribution in [0, 0.1) is 19.7 Å². The molecule has 4 aromatic carbocycles. The third-order valence-corrected chi connectivity index (χ3v) is 6.67. The van der Waals surface area contributed by atoms with Crippen molar-refractivity contribution in [2.75, 3.05) is 5.32 Å². The second kappa shape index (κ2) is 11.2. The fourth-order valence-corrected chi connectivity index (χ4v) is 4.60. The Balaban J connectivity index is 1.64. The Labute approximate surface area is 236 Å². The van der Waals surface area contributed by atoms with Crippen LogP contribution in [0.2, 0.25) is 5.02 Å². The van der Waals surface area contributed by atoms with Crippen LogP contribution in [0.1, 0.15) is 28.4 Å². The number of hydrogen-bond acceptors (Lipinski definition) is 4. The Bertz CT molecular complexity index is 1730. The molecule has 5 aromatic rings. The van der Waals surface area contributed by atoms with Crippen LogP contribution >= 0.6 is 11.6 Å². The molecule has 0 atom stereocenters. The van der Waals surface area contributed by atoms with E-state index >= 15 is 0 Å². The molecule has 40 heavy (non-hydrogen) atoms. The van der Waals surface area contributed by atoms with Gasteiger partial charge < -0.3 is 10.1 Å². The number of aryl methyl sites for hydroxylation is 2. The minimum atomic E-state index is -0.512. The molecule has 200 valence electrons. The summed E-state index contributed by atoms with van der Waals surface area (Å²) in [5.41, 5.74) is 5.97. The first-order valence-corrected chi connectivity index (χ1v) is 12.9. The lowest BCUT2D eigenvalue weighted by atomic mass is 10.0. The first-order chi connectivity index (χ1) is 19.2. The van der Waals surface area contributed by atoms with Crippen molar-refractivity contribution >= 4 is 29.2 Å². The van der Waals surface area contributed by atoms with Crippen molar-refractivity contribution < 1.29 is 18.7 Å². The molecule has 0 bridgehead atoms. The van der Waals surface area contributed by atoms with Crippen LogP contribution in [-0.4, -0.2) is 21.7 Å². The highest BCUT2D eigenvalue weighted by atomic mass is 35.5. The van der Waals surface area contributed by atoms with Crippen molar-refractivity contribution in [2.45, 2.75) is 20.8 Å². The smallest absolute Gasteiger partial charge is 0.309 e. The lowest BCUT2D eigenvalue weighted by Gasteiger charge is -2.12. The van der Waals surface area contributed by atoms with E-state index in [-0.39, 0.29) is 17.6 Å². The van der Waals surface area contributed by atoms with Crippen LogP contribution in [-0.2, 0) is 4.79 Å². The standard InChI is InChI=1S/C32H25ClFN3O3/c1-19-8-9-20(2)28(18-19)37-32(40-21(3)38)29(30(36-37)23-10-14-24(34)15-11-23)22-12-16-25(17-13-22)35-31(39)26-6-4-5-7-27(26)33/h4-18H,1-3H3,(H,35,39). The summed E-state index contributed by atoms with van der Waals surface area (Å²) in [5.74, 6) is -0.998. The molecule has 0 aliphatic heterocycles. The lowest BCUT2D eigenvalue weighted by molar-refractivity contribution is -0.132. The Morgan fingerprint density at radius 3 is 2.25 bits per heavy atom. The predicted octanol–water partition coefficient (Wildman–Crippen LogP) is 7.79. The Morgan fingerprint density at radius 1 is 0.900 bits per heavy atom. The molecular formula is C32H25ClFN3O3. The molecule has 0 radical (unpaired) electrons. The summed E-state index contributed by atoms with van der Waals surface area (Å²) in [4.78, 5) is 25.0. The van der Waals surface area contributed by atoms with Gasteiger partial charge in [-0.05, 0) is 85.1 Å². The number of carbonyl (C=O) groups excluding carboxylic acids is 2. The number of halogens is 2. The van der Waals surface area contributed by atoms with Gasteiger partial charge >= 0.3 is 5.97 Å². The quantitative estimate of drug-likeness (QED) is 0.218. The molecule has 0 saturated heterocycles. The molecule has 0 aliphatic rings. The van der Waals surface area contributed by atoms with Crippen LogP contribution in [0.25, 0.3) is 28.1 Å². The van der Waals surface area contributed by atoms with Gasteiger partial charge in [-0.1, -0.05) is 48.0 Å². The van der Waals surface area contributed by atoms with Crippen molar-refractivity contribution in [1.82, 2.24) is 9.78 Å². The van der Waals surface area contributed by atoms with Crippen LogP contribution in [0.5, 0.6) is 5.88 Å². The van der Waals surface area contributed by atoms with Gasteiger partial charge in [-0.25, -0.2) is 4.39 Å². The second-order valence-corrected chi connectivity index (χ2v) is 9.75. The molecule has 0 unspecified atom stereocenters. The zero-order valence-electron chi connectivity index (χ0n) is 22.0. The van der Waals surface area contributed by atoms with Gasteiger partial charge in [0.25, 0.3) is 5.91 Å². The summed E-state index contributed by atoms with van der Waals surface area (Å²) in [6.07, 6.45) is 0. The summed E-state index contributed by atoms with van der Waals surface area (Å²) >= 11 is 6.17. The molecule has 0 spiro atoms. The normalized spacial score (nSPS) is 10.8. The zero-order chi connectivity index (χ0) is 28.4. The Hall–Kier alpha value is -4.75. The number of esters is 1. The minimum Gasteiger partial charge on any atom is -0.407 e. The molecule has 0 fully saturated rings. The topological polar surface area (TPSA) is 73.2 Å². The highest BCUT2D eigenvalue weighted by molar-refractivity contribution is 6.34. The number of nitrogens with zero attached hydrogens (tertiary/aromatic N) is 2. The molecular weight excluding hydrogens is 529 g/mol. The van der Waals surface area contributed by atoms with Crippen LogP contribution in [0.15, 0.2) is 91.0 Å². The average Bonchev–Trinajstić information content (AvgIpc) is 3.29. The first-order valence-electron chi connectivity index (χ1n) is 12.5. The highest BCUT2D eigenvalue weighted by Gasteiger charge is 2.25. The number of carbonyl (C=O) groups is 2. The van der Waals surface area contributed by atoms with Crippen LogP contribution in [0.3, 0.4) is 0 Å². The van der Waals surface area contributed by atoms with Gasteiger partial charge in [-0.2, -0.15) is 9.78 Å². The second-order valence-electron chi connectivity index (χ2n) is 9.34. The summed E-state index contributed by atoms with van der Waals surface area (Å²) in [6.45, 7) is 5.24. The van der Waals surface area contributed by atoms with Gasteiger partial charge in [0.15, 0.2) is 0 Å². The first kappa shape index (κ1) is 26.8. The van der Waals surface area contributed by atoms with E-state index in [4.69, 9.17) is 21.4 Å². The van der Waals surface area contributed by atoms with Crippen LogP contribution in [0.4, 0.5) is 10.1 Å². The maximum absolute atomic E-state index is 13.8. The fourth-order valence-electron chi connectivity index (χ4n) is 4.38. The predicted molar refractivity (Wildman–Crippen MR) is 155 cm³/mol. The number of nitrogens with one attached hydrogen (secondary N) is 1. The molecule has 1 amide bonds. The van der Waals surface area contributed by atoms with E-state index in [9.17, 15) is 14.0 Å². The molecule has 1 aromatic heterocycles. The number of anilines is 1. The van der Waals surface area contributed by atoms with E-state index in [2.05, 4.69) is 5.32 Å². The molecule has 1 heterocycles. The summed E-state index contributed by atoms with van der Waals surface area (Å²) in [5, 5.41) is 8.07. The number of ether oxygens (including phenoxy) is 1. The van der Waals surface area contributed by atoms with Crippen molar-refractivity contribution in [2.24, 2.45) is 0 Å². The molecule has 1 N–H and O–H groups in total. The fraction of sp³-hybridized carbons (Fsp3) is 0.0938. The lowest BCUT2D eigenvalue weighted by Crippen LogP contribution is -2.12. The van der Waals surface area contributed by atoms with Gasteiger partial charge in [-0.3, -0.25) is 9.59 Å². The van der Waals surface area contributed by atoms with E-state index in [0.717, 1.165) is 16.8 Å². The molecule has 0 aliphatic carbocycles. The maximum atomic E-state index is 13.8. The Kier molecular flexibility index (Phi) is 7.49. The monoisotopic (exact) mass is 553 g/mol. The van der Waals surface area contributed by atoms with E-state index < -0.39 is 5.97 Å². The number of amides is 1. The van der Waals surface area contributed by atoms with E-state index in [1.165, 1.54) is 19.1 Å². The summed E-state index contributed by atoms with van der Waals surface area (Å²) in [6, 6.07) is 25.8. The summed E-state index contributed by atoms with van der Waals surface area (Å²) in [7, 11) is 0. The average molecular weight is 554 g/mol. The van der Waals surface area contributed by atoms with Crippen LogP contribution < -0.4 is 10.1 Å². The van der Waals surface area contributed by atoms with Crippen molar-refractivity contribution in [1.29, 1.82) is 0 Å². The highest BCUT2D eigenvalue weighted by Crippen LogP contribution is 2.41. The Morgan fingerprint density at radius 2 is 1.57 bits per heavy atom. The minimum absolute atomic E-state index is 0.230. The largest absolute Gasteiger partial charge is 0.407 e. The molecule has 6 nitrogen and oxygen atoms in total. The van der Waals surface area contributed by atoms with Crippen molar-refractivity contribution in [3.8, 4) is 34.0 Å². The SMILES string of the molecule is CC(=O)Oc1c(-c2ccc(NC(=O)c3ccccc3Cl)cc2)c(-c2ccc(F)cc2)nn1-c1cc(C)ccc1C. The molecule has 5 rings (SSSR count). The zero-order valence-corrected chi connectivity index (χ0v) is 22.8. The number of hydrogen-bond donors (Lipinski definition) is 1. The number of benzene rings is 4. The number of aromatic nitrogens is 2. The van der Waals surface area contributed by atoms with E-state index in [1.807, 2.05) is 32.0 Å². The van der Waals surface area contributed by atoms with Gasteiger partial charge in [0.1, 0.15) is 11.5 Å². The van der Waals surface area contributed by atoms with E-state index in [0.29, 0.717) is 38.7 Å². The van der Waals surface area contributed by atoms with Gasteiger partial charge in [0, 0.05) is 18.2 Å². The van der Waals surface area contributed by atoms with Crippen molar-refractivity contribution in [3.05, 3.63) is 119 Å². The number of rotatable bonds is 6. The third kappa shape index (κ3) is 5.51. The molecule has 0 saturated carbocycles. The van der Waals surface area contributed by atoms with Gasteiger partial charge in [-0.15, -0.1) is 0 Å². The van der Waals surface area contributed by atoms with Gasteiger partial charge in [0.05, 0.1) is 21.8 Å². The maximum Gasteiger partial charge on any atom is 0.309 e. The van der Waals surface area contributed by atoms with Crippen molar-refractivity contribution in [3.63, 3.8) is 0 Å². The van der Waals surface area contributed by atoms with Gasteiger partial charge in [0.2, 0.25) is 5.88 Å². The third-order valence-electron chi connectivity index (χ3n) is 6.34.